The van der Waals surface area contributed by atoms with Gasteiger partial charge in [0.25, 0.3) is 0 Å². The molecule has 0 saturated carbocycles. The SMILES string of the molecule is CCCCC#CCCCCC#CCCCC(=O)O. The Balaban J connectivity index is 3.26. The number of unbranched alkanes of at least 4 members (excludes halogenated alkanes) is 6. The maximum atomic E-state index is 10.2. The number of hydrogen-bond acceptors (Lipinski definition) is 1. The Morgan fingerprint density at radius 1 is 0.833 bits per heavy atom. The molecule has 0 atom stereocenters. The minimum atomic E-state index is -0.738. The molecule has 0 rings (SSSR count). The molecule has 2 heteroatoms. The summed E-state index contributed by atoms with van der Waals surface area (Å²) in [6, 6.07) is 0. The summed E-state index contributed by atoms with van der Waals surface area (Å²) in [5.74, 6) is 11.7. The molecule has 18 heavy (non-hydrogen) atoms. The predicted molar refractivity (Wildman–Crippen MR) is 75.0 cm³/mol. The van der Waals surface area contributed by atoms with Crippen LogP contribution >= 0.6 is 0 Å². The maximum Gasteiger partial charge on any atom is 0.303 e. The zero-order valence-electron chi connectivity index (χ0n) is 11.4. The second-order valence-corrected chi connectivity index (χ2v) is 4.27. The van der Waals surface area contributed by atoms with Gasteiger partial charge in [0.1, 0.15) is 0 Å². The van der Waals surface area contributed by atoms with Crippen molar-refractivity contribution in [3.05, 3.63) is 0 Å². The van der Waals surface area contributed by atoms with Gasteiger partial charge in [-0.2, -0.15) is 0 Å². The fourth-order valence-corrected chi connectivity index (χ4v) is 1.37. The maximum absolute atomic E-state index is 10.2. The Labute approximate surface area is 111 Å². The summed E-state index contributed by atoms with van der Waals surface area (Å²) < 4.78 is 0. The summed E-state index contributed by atoms with van der Waals surface area (Å²) in [4.78, 5) is 10.2. The third kappa shape index (κ3) is 14.6. The first kappa shape index (κ1) is 16.6. The smallest absolute Gasteiger partial charge is 0.303 e. The molecule has 0 bridgehead atoms. The molecule has 100 valence electrons. The first-order chi connectivity index (χ1) is 8.77. The number of aliphatic carboxylic acids is 1. The molecule has 0 aromatic heterocycles. The molecule has 0 aromatic rings. The minimum Gasteiger partial charge on any atom is -0.481 e. The molecule has 0 heterocycles. The molecule has 1 N–H and O–H groups in total. The summed E-state index contributed by atoms with van der Waals surface area (Å²) in [6.07, 6.45) is 9.11. The Morgan fingerprint density at radius 2 is 1.28 bits per heavy atom. The van der Waals surface area contributed by atoms with Crippen LogP contribution in [-0.4, -0.2) is 11.1 Å². The molecule has 0 aliphatic rings. The molecule has 0 aromatic carbocycles. The largest absolute Gasteiger partial charge is 0.481 e. The van der Waals surface area contributed by atoms with Crippen LogP contribution in [0, 0.1) is 23.7 Å². The van der Waals surface area contributed by atoms with Gasteiger partial charge in [-0.15, -0.1) is 23.7 Å². The highest BCUT2D eigenvalue weighted by Crippen LogP contribution is 1.99. The van der Waals surface area contributed by atoms with Gasteiger partial charge in [-0.05, 0) is 25.7 Å². The van der Waals surface area contributed by atoms with E-state index < -0.39 is 5.97 Å². The zero-order chi connectivity index (χ0) is 13.5. The van der Waals surface area contributed by atoms with Gasteiger partial charge >= 0.3 is 5.97 Å². The summed E-state index contributed by atoms with van der Waals surface area (Å²) in [6.45, 7) is 2.18. The molecular formula is C16H24O2. The second kappa shape index (κ2) is 13.7. The summed E-state index contributed by atoms with van der Waals surface area (Å²) >= 11 is 0. The van der Waals surface area contributed by atoms with Gasteiger partial charge in [0.15, 0.2) is 0 Å². The van der Waals surface area contributed by atoms with E-state index in [0.717, 1.165) is 32.1 Å². The highest BCUT2D eigenvalue weighted by Gasteiger charge is 1.92. The molecule has 2 nitrogen and oxygen atoms in total. The van der Waals surface area contributed by atoms with Crippen molar-refractivity contribution in [2.75, 3.05) is 0 Å². The fourth-order valence-electron chi connectivity index (χ4n) is 1.37. The van der Waals surface area contributed by atoms with Crippen LogP contribution in [0.4, 0.5) is 0 Å². The first-order valence-electron chi connectivity index (χ1n) is 6.90. The summed E-state index contributed by atoms with van der Waals surface area (Å²) in [5, 5.41) is 8.43. The molecule has 0 aliphatic heterocycles. The zero-order valence-corrected chi connectivity index (χ0v) is 11.4. The van der Waals surface area contributed by atoms with Crippen LogP contribution in [-0.2, 0) is 4.79 Å². The van der Waals surface area contributed by atoms with Gasteiger partial charge in [-0.25, -0.2) is 0 Å². The van der Waals surface area contributed by atoms with E-state index in [0.29, 0.717) is 12.8 Å². The van der Waals surface area contributed by atoms with Crippen LogP contribution in [0.3, 0.4) is 0 Å². The lowest BCUT2D eigenvalue weighted by molar-refractivity contribution is -0.137. The standard InChI is InChI=1S/C16H24O2/c1-2-3-4-5-6-7-8-9-10-11-12-13-14-15-16(17)18/h2-4,7-10,13-15H2,1H3,(H,17,18). The highest BCUT2D eigenvalue weighted by molar-refractivity contribution is 5.66. The lowest BCUT2D eigenvalue weighted by Crippen LogP contribution is -1.92. The third-order valence-corrected chi connectivity index (χ3v) is 2.45. The quantitative estimate of drug-likeness (QED) is 0.521. The van der Waals surface area contributed by atoms with Gasteiger partial charge in [0, 0.05) is 32.1 Å². The second-order valence-electron chi connectivity index (χ2n) is 4.27. The normalized spacial score (nSPS) is 8.94. The Kier molecular flexibility index (Phi) is 12.6. The Morgan fingerprint density at radius 3 is 1.72 bits per heavy atom. The van der Waals surface area contributed by atoms with E-state index in [2.05, 4.69) is 30.6 Å². The van der Waals surface area contributed by atoms with Crippen LogP contribution in [0.5, 0.6) is 0 Å². The van der Waals surface area contributed by atoms with Crippen LogP contribution < -0.4 is 0 Å². The van der Waals surface area contributed by atoms with E-state index in [1.807, 2.05) is 0 Å². The fraction of sp³-hybridized carbons (Fsp3) is 0.688. The van der Waals surface area contributed by atoms with Crippen LogP contribution in [0.15, 0.2) is 0 Å². The Hall–Kier alpha value is -1.41. The van der Waals surface area contributed by atoms with Crippen LogP contribution in [0.1, 0.15) is 71.1 Å². The molecule has 0 saturated heterocycles. The van der Waals surface area contributed by atoms with Crippen molar-refractivity contribution >= 4 is 5.97 Å². The molecule has 0 unspecified atom stereocenters. The minimum absolute atomic E-state index is 0.224. The molecular weight excluding hydrogens is 224 g/mol. The lowest BCUT2D eigenvalue weighted by Gasteiger charge is -1.90. The van der Waals surface area contributed by atoms with E-state index >= 15 is 0 Å². The molecule has 0 aliphatic carbocycles. The van der Waals surface area contributed by atoms with E-state index in [1.165, 1.54) is 12.8 Å². The number of carboxylic acids is 1. The van der Waals surface area contributed by atoms with Gasteiger partial charge in [0.05, 0.1) is 0 Å². The van der Waals surface area contributed by atoms with Crippen molar-refractivity contribution in [3.8, 4) is 23.7 Å². The van der Waals surface area contributed by atoms with E-state index in [9.17, 15) is 4.79 Å². The molecule has 0 amide bonds. The van der Waals surface area contributed by atoms with Gasteiger partial charge in [-0.1, -0.05) is 13.3 Å². The number of hydrogen-bond donors (Lipinski definition) is 1. The number of rotatable bonds is 8. The first-order valence-corrected chi connectivity index (χ1v) is 6.90. The average molecular weight is 248 g/mol. The predicted octanol–water partition coefficient (Wildman–Crippen LogP) is 4.00. The van der Waals surface area contributed by atoms with Crippen molar-refractivity contribution in [1.29, 1.82) is 0 Å². The highest BCUT2D eigenvalue weighted by atomic mass is 16.4. The average Bonchev–Trinajstić information content (AvgIpc) is 2.34. The van der Waals surface area contributed by atoms with Crippen molar-refractivity contribution in [2.24, 2.45) is 0 Å². The number of carboxylic acid groups (broad SMARTS) is 1. The molecule has 0 fully saturated rings. The molecule has 0 radical (unpaired) electrons. The summed E-state index contributed by atoms with van der Waals surface area (Å²) in [7, 11) is 0. The van der Waals surface area contributed by atoms with E-state index in [1.54, 1.807) is 0 Å². The van der Waals surface area contributed by atoms with Crippen LogP contribution in [0.2, 0.25) is 0 Å². The Bertz CT molecular complexity index is 322. The molecule has 0 spiro atoms. The lowest BCUT2D eigenvalue weighted by atomic mass is 10.2. The topological polar surface area (TPSA) is 37.3 Å². The van der Waals surface area contributed by atoms with Crippen molar-refractivity contribution in [1.82, 2.24) is 0 Å². The van der Waals surface area contributed by atoms with Gasteiger partial charge < -0.3 is 5.11 Å². The van der Waals surface area contributed by atoms with E-state index in [-0.39, 0.29) is 6.42 Å². The third-order valence-electron chi connectivity index (χ3n) is 2.45. The number of carbonyl (C=O) groups is 1. The van der Waals surface area contributed by atoms with Crippen molar-refractivity contribution in [2.45, 2.75) is 71.1 Å². The van der Waals surface area contributed by atoms with Gasteiger partial charge in [-0.3, -0.25) is 4.79 Å². The summed E-state index contributed by atoms with van der Waals surface area (Å²) in [5.41, 5.74) is 0. The van der Waals surface area contributed by atoms with Gasteiger partial charge in [0.2, 0.25) is 0 Å². The monoisotopic (exact) mass is 248 g/mol. The van der Waals surface area contributed by atoms with Crippen molar-refractivity contribution in [3.63, 3.8) is 0 Å². The van der Waals surface area contributed by atoms with Crippen molar-refractivity contribution < 1.29 is 9.90 Å². The van der Waals surface area contributed by atoms with Crippen LogP contribution in [0.25, 0.3) is 0 Å². The van der Waals surface area contributed by atoms with E-state index in [4.69, 9.17) is 5.11 Å².